The van der Waals surface area contributed by atoms with Crippen molar-refractivity contribution in [1.29, 1.82) is 0 Å². The van der Waals surface area contributed by atoms with Crippen molar-refractivity contribution in [3.05, 3.63) is 64.5 Å². The maximum atomic E-state index is 12.1. The fraction of sp³-hybridized carbons (Fsp3) is 0.238. The third kappa shape index (κ3) is 4.47. The Labute approximate surface area is 156 Å². The van der Waals surface area contributed by atoms with Crippen molar-refractivity contribution >= 4 is 16.9 Å². The van der Waals surface area contributed by atoms with Crippen LogP contribution in [0.2, 0.25) is 0 Å². The summed E-state index contributed by atoms with van der Waals surface area (Å²) in [5, 5.41) is 0.835. The van der Waals surface area contributed by atoms with Crippen molar-refractivity contribution < 1.29 is 23.4 Å². The summed E-state index contributed by atoms with van der Waals surface area (Å²) < 4.78 is 21.1. The first-order valence-electron chi connectivity index (χ1n) is 8.64. The van der Waals surface area contributed by atoms with E-state index in [4.69, 9.17) is 18.6 Å². The average Bonchev–Trinajstić information content (AvgIpc) is 2.66. The second-order valence-corrected chi connectivity index (χ2v) is 5.91. The van der Waals surface area contributed by atoms with Gasteiger partial charge in [-0.05, 0) is 36.2 Å². The zero-order valence-electron chi connectivity index (χ0n) is 15.2. The number of para-hydroxylation sites is 2. The summed E-state index contributed by atoms with van der Waals surface area (Å²) in [5.41, 5.74) is 0.886. The molecule has 1 heterocycles. The van der Waals surface area contributed by atoms with Crippen molar-refractivity contribution in [2.45, 2.75) is 19.8 Å². The number of carbonyl (C=O) groups excluding carboxylic acids is 1. The average molecular weight is 368 g/mol. The fourth-order valence-corrected chi connectivity index (χ4v) is 2.79. The number of aryl methyl sites for hydroxylation is 1. The maximum Gasteiger partial charge on any atom is 0.349 e. The molecule has 0 aliphatic heterocycles. The lowest BCUT2D eigenvalue weighted by molar-refractivity contribution is -0.136. The number of esters is 1. The van der Waals surface area contributed by atoms with Crippen LogP contribution in [0.1, 0.15) is 18.9 Å². The smallest absolute Gasteiger partial charge is 0.349 e. The lowest BCUT2D eigenvalue weighted by Gasteiger charge is -2.10. The van der Waals surface area contributed by atoms with Crippen LogP contribution >= 0.6 is 0 Å². The lowest BCUT2D eigenvalue weighted by atomic mass is 10.1. The third-order valence-corrected chi connectivity index (χ3v) is 3.97. The Morgan fingerprint density at radius 1 is 1.07 bits per heavy atom. The molecule has 0 bridgehead atoms. The Morgan fingerprint density at radius 3 is 2.59 bits per heavy atom. The van der Waals surface area contributed by atoms with Crippen molar-refractivity contribution in [2.24, 2.45) is 0 Å². The number of ether oxygens (including phenoxy) is 3. The minimum Gasteiger partial charge on any atom is -0.493 e. The predicted octanol–water partition coefficient (Wildman–Crippen LogP) is 3.74. The van der Waals surface area contributed by atoms with Crippen LogP contribution in [-0.4, -0.2) is 19.7 Å². The normalized spacial score (nSPS) is 10.6. The Hall–Kier alpha value is -3.28. The first kappa shape index (κ1) is 18.5. The van der Waals surface area contributed by atoms with Crippen LogP contribution in [0.15, 0.2) is 57.7 Å². The summed E-state index contributed by atoms with van der Waals surface area (Å²) in [6, 6.07) is 13.5. The Kier molecular flexibility index (Phi) is 5.76. The van der Waals surface area contributed by atoms with Crippen molar-refractivity contribution in [3.8, 4) is 17.2 Å². The molecule has 6 heteroatoms. The van der Waals surface area contributed by atoms with Gasteiger partial charge in [-0.3, -0.25) is 0 Å². The van der Waals surface area contributed by atoms with Gasteiger partial charge >= 0.3 is 11.6 Å². The number of methoxy groups -OCH3 is 1. The first-order chi connectivity index (χ1) is 13.1. The molecule has 0 saturated carbocycles. The van der Waals surface area contributed by atoms with E-state index in [1.807, 2.05) is 6.92 Å². The molecule has 0 aliphatic carbocycles. The van der Waals surface area contributed by atoms with Crippen LogP contribution in [0.5, 0.6) is 17.2 Å². The molecule has 0 spiro atoms. The molecule has 3 aromatic rings. The predicted molar refractivity (Wildman–Crippen MR) is 101 cm³/mol. The van der Waals surface area contributed by atoms with E-state index in [2.05, 4.69) is 0 Å². The van der Waals surface area contributed by atoms with E-state index >= 15 is 0 Å². The van der Waals surface area contributed by atoms with E-state index in [1.54, 1.807) is 36.4 Å². The minimum absolute atomic E-state index is 0.280. The first-order valence-corrected chi connectivity index (χ1v) is 8.64. The van der Waals surface area contributed by atoms with Gasteiger partial charge in [-0.1, -0.05) is 25.5 Å². The van der Waals surface area contributed by atoms with Crippen LogP contribution < -0.4 is 19.8 Å². The van der Waals surface area contributed by atoms with Crippen molar-refractivity contribution in [3.63, 3.8) is 0 Å². The highest BCUT2D eigenvalue weighted by Gasteiger charge is 2.11. The number of carbonyl (C=O) groups is 1. The molecule has 140 valence electrons. The van der Waals surface area contributed by atoms with Gasteiger partial charge in [-0.25, -0.2) is 9.59 Å². The van der Waals surface area contributed by atoms with Gasteiger partial charge in [-0.15, -0.1) is 0 Å². The van der Waals surface area contributed by atoms with Crippen LogP contribution in [0.3, 0.4) is 0 Å². The molecule has 2 aromatic carbocycles. The van der Waals surface area contributed by atoms with Crippen LogP contribution in [0.25, 0.3) is 11.0 Å². The largest absolute Gasteiger partial charge is 0.493 e. The quantitative estimate of drug-likeness (QED) is 0.359. The van der Waals surface area contributed by atoms with Gasteiger partial charge in [0.1, 0.15) is 11.3 Å². The lowest BCUT2D eigenvalue weighted by Crippen LogP contribution is -2.18. The van der Waals surface area contributed by atoms with E-state index in [1.165, 1.54) is 19.2 Å². The van der Waals surface area contributed by atoms with E-state index < -0.39 is 11.6 Å². The van der Waals surface area contributed by atoms with Crippen LogP contribution in [0, 0.1) is 0 Å². The Morgan fingerprint density at radius 2 is 1.85 bits per heavy atom. The molecule has 0 unspecified atom stereocenters. The second-order valence-electron chi connectivity index (χ2n) is 5.91. The Balaban J connectivity index is 1.72. The maximum absolute atomic E-state index is 12.1. The number of rotatable bonds is 7. The van der Waals surface area contributed by atoms with E-state index in [0.29, 0.717) is 17.1 Å². The zero-order valence-corrected chi connectivity index (χ0v) is 15.2. The summed E-state index contributed by atoms with van der Waals surface area (Å²) in [7, 11) is 1.52. The highest BCUT2D eigenvalue weighted by Crippen LogP contribution is 2.26. The SMILES string of the molecule is CCCc1cc(=O)oc2cc(OC(=O)COc3ccccc3OC)ccc12. The van der Waals surface area contributed by atoms with Gasteiger partial charge in [0.15, 0.2) is 18.1 Å². The molecule has 0 amide bonds. The molecule has 0 fully saturated rings. The van der Waals surface area contributed by atoms with Gasteiger partial charge in [0.25, 0.3) is 0 Å². The monoisotopic (exact) mass is 368 g/mol. The molecule has 0 atom stereocenters. The van der Waals surface area contributed by atoms with Gasteiger partial charge in [-0.2, -0.15) is 0 Å². The standard InChI is InChI=1S/C21H20O6/c1-3-6-14-11-20(22)27-19-12-15(9-10-16(14)19)26-21(23)13-25-18-8-5-4-7-17(18)24-2/h4-5,7-12H,3,6,13H2,1-2H3. The molecular formula is C21H20O6. The Bertz CT molecular complexity index is 1000. The highest BCUT2D eigenvalue weighted by molar-refractivity contribution is 5.83. The minimum atomic E-state index is -0.577. The van der Waals surface area contributed by atoms with Gasteiger partial charge in [0.2, 0.25) is 0 Å². The van der Waals surface area contributed by atoms with E-state index in [0.717, 1.165) is 23.8 Å². The van der Waals surface area contributed by atoms with Crippen molar-refractivity contribution in [2.75, 3.05) is 13.7 Å². The van der Waals surface area contributed by atoms with Gasteiger partial charge in [0.05, 0.1) is 7.11 Å². The zero-order chi connectivity index (χ0) is 19.2. The number of hydrogen-bond acceptors (Lipinski definition) is 6. The van der Waals surface area contributed by atoms with E-state index in [-0.39, 0.29) is 12.4 Å². The molecule has 1 aromatic heterocycles. The molecule has 0 radical (unpaired) electrons. The summed E-state index contributed by atoms with van der Waals surface area (Å²) >= 11 is 0. The highest BCUT2D eigenvalue weighted by atomic mass is 16.6. The van der Waals surface area contributed by atoms with Crippen LogP contribution in [0.4, 0.5) is 0 Å². The van der Waals surface area contributed by atoms with Gasteiger partial charge in [0, 0.05) is 17.5 Å². The van der Waals surface area contributed by atoms with Gasteiger partial charge < -0.3 is 18.6 Å². The summed E-state index contributed by atoms with van der Waals surface area (Å²) in [4.78, 5) is 23.8. The molecule has 0 N–H and O–H groups in total. The molecule has 0 aliphatic rings. The fourth-order valence-electron chi connectivity index (χ4n) is 2.79. The number of hydrogen-bond donors (Lipinski definition) is 0. The molecule has 27 heavy (non-hydrogen) atoms. The molecule has 3 rings (SSSR count). The summed E-state index contributed by atoms with van der Waals surface area (Å²) in [6.45, 7) is 1.76. The molecular weight excluding hydrogens is 348 g/mol. The molecule has 6 nitrogen and oxygen atoms in total. The summed E-state index contributed by atoms with van der Waals surface area (Å²) in [6.07, 6.45) is 1.68. The topological polar surface area (TPSA) is 75.0 Å². The summed E-state index contributed by atoms with van der Waals surface area (Å²) in [5.74, 6) is 0.687. The second kappa shape index (κ2) is 8.40. The van der Waals surface area contributed by atoms with E-state index in [9.17, 15) is 9.59 Å². The molecule has 0 saturated heterocycles. The number of fused-ring (bicyclic) bond motifs is 1. The van der Waals surface area contributed by atoms with Crippen molar-refractivity contribution in [1.82, 2.24) is 0 Å². The van der Waals surface area contributed by atoms with Crippen LogP contribution in [-0.2, 0) is 11.2 Å². The third-order valence-electron chi connectivity index (χ3n) is 3.97. The number of benzene rings is 2.